The van der Waals surface area contributed by atoms with E-state index in [-0.39, 0.29) is 11.7 Å². The summed E-state index contributed by atoms with van der Waals surface area (Å²) in [4.78, 5) is 49.0. The normalized spacial score (nSPS) is 32.8. The molecule has 2 fully saturated rings. The molecule has 2 rings (SSSR count). The van der Waals surface area contributed by atoms with Crippen LogP contribution >= 0.6 is 0 Å². The predicted molar refractivity (Wildman–Crippen MR) is 115 cm³/mol. The number of esters is 3. The number of Topliss-reactive ketones (excluding diaryl/α,β-unsaturated/α-hetero) is 1. The van der Waals surface area contributed by atoms with E-state index in [0.29, 0.717) is 31.3 Å². The first-order chi connectivity index (χ1) is 14.5. The molecule has 6 unspecified atom stereocenters. The van der Waals surface area contributed by atoms with Crippen LogP contribution in [0.4, 0.5) is 0 Å². The van der Waals surface area contributed by atoms with E-state index in [9.17, 15) is 24.3 Å². The van der Waals surface area contributed by atoms with Crippen LogP contribution in [0.1, 0.15) is 81.1 Å². The summed E-state index contributed by atoms with van der Waals surface area (Å²) in [7, 11) is 0. The Morgan fingerprint density at radius 3 is 2.22 bits per heavy atom. The minimum Gasteiger partial charge on any atom is -0.459 e. The van der Waals surface area contributed by atoms with E-state index in [1.807, 2.05) is 20.8 Å². The average molecular weight is 453 g/mol. The molecule has 180 valence electrons. The number of ether oxygens (including phenoxy) is 3. The first-order valence-electron chi connectivity index (χ1n) is 11.0. The molecule has 2 aliphatic rings. The minimum absolute atomic E-state index is 0.0995. The van der Waals surface area contributed by atoms with Gasteiger partial charge in [0.2, 0.25) is 0 Å². The van der Waals surface area contributed by atoms with Crippen molar-refractivity contribution in [2.24, 2.45) is 11.3 Å². The Labute approximate surface area is 189 Å². The highest BCUT2D eigenvalue weighted by Crippen LogP contribution is 2.56. The zero-order valence-electron chi connectivity index (χ0n) is 20.4. The van der Waals surface area contributed by atoms with E-state index >= 15 is 0 Å². The van der Waals surface area contributed by atoms with Gasteiger partial charge >= 0.3 is 17.9 Å². The predicted octanol–water partition coefficient (Wildman–Crippen LogP) is 3.04. The Balaban J connectivity index is 2.41. The van der Waals surface area contributed by atoms with Gasteiger partial charge in [0.25, 0.3) is 0 Å². The van der Waals surface area contributed by atoms with Crippen LogP contribution in [0.5, 0.6) is 0 Å². The molecule has 0 aromatic rings. The van der Waals surface area contributed by atoms with Crippen LogP contribution in [0.25, 0.3) is 0 Å². The summed E-state index contributed by atoms with van der Waals surface area (Å²) in [6, 6.07) is 0. The highest BCUT2D eigenvalue weighted by Gasteiger charge is 2.60. The SMILES string of the molecule is CC(=O)OC(C)C(C)(O)C(=O)OC1CCC2(C)CC(=O)C(=C(C)C)CC2C1(C)OC(C)=O. The maximum Gasteiger partial charge on any atom is 0.342 e. The lowest BCUT2D eigenvalue weighted by Gasteiger charge is -2.56. The van der Waals surface area contributed by atoms with Gasteiger partial charge < -0.3 is 19.3 Å². The molecule has 0 aromatic carbocycles. The molecule has 1 N–H and O–H groups in total. The Kier molecular flexibility index (Phi) is 7.29. The van der Waals surface area contributed by atoms with Crippen molar-refractivity contribution in [3.8, 4) is 0 Å². The Bertz CT molecular complexity index is 837. The van der Waals surface area contributed by atoms with E-state index in [1.165, 1.54) is 27.7 Å². The van der Waals surface area contributed by atoms with E-state index in [4.69, 9.17) is 14.2 Å². The van der Waals surface area contributed by atoms with Gasteiger partial charge in [-0.1, -0.05) is 12.5 Å². The lowest BCUT2D eigenvalue weighted by atomic mass is 9.53. The number of hydrogen-bond donors (Lipinski definition) is 1. The standard InChI is InChI=1S/C24H36O8/c1-13(2)17-11-19-22(6,12-18(17)27)10-9-20(24(19,8)32-16(5)26)31-21(28)23(7,29)14(3)30-15(4)25/h14,19-20,29H,9-12H2,1-8H3. The molecule has 0 spiro atoms. The fourth-order valence-corrected chi connectivity index (χ4v) is 5.17. The molecule has 6 atom stereocenters. The number of hydrogen-bond acceptors (Lipinski definition) is 8. The quantitative estimate of drug-likeness (QED) is 0.384. The van der Waals surface area contributed by atoms with Crippen molar-refractivity contribution >= 4 is 23.7 Å². The second-order valence-electron chi connectivity index (χ2n) is 10.1. The van der Waals surface area contributed by atoms with Crippen molar-refractivity contribution in [2.45, 2.75) is 104 Å². The number of fused-ring (bicyclic) bond motifs is 1. The number of carbonyl (C=O) groups is 4. The van der Waals surface area contributed by atoms with Gasteiger partial charge in [-0.05, 0) is 64.9 Å². The molecule has 0 radical (unpaired) electrons. The number of allylic oxidation sites excluding steroid dienone is 2. The summed E-state index contributed by atoms with van der Waals surface area (Å²) in [6.07, 6.45) is -0.272. The zero-order valence-corrected chi connectivity index (χ0v) is 20.4. The van der Waals surface area contributed by atoms with Gasteiger partial charge in [-0.25, -0.2) is 4.79 Å². The maximum atomic E-state index is 12.9. The number of aliphatic hydroxyl groups is 1. The van der Waals surface area contributed by atoms with Gasteiger partial charge in [-0.15, -0.1) is 0 Å². The monoisotopic (exact) mass is 452 g/mol. The number of ketones is 1. The topological polar surface area (TPSA) is 116 Å². The van der Waals surface area contributed by atoms with Crippen molar-refractivity contribution in [1.82, 2.24) is 0 Å². The molecule has 8 nitrogen and oxygen atoms in total. The average Bonchev–Trinajstić information content (AvgIpc) is 2.62. The molecule has 0 aromatic heterocycles. The van der Waals surface area contributed by atoms with Crippen molar-refractivity contribution in [2.75, 3.05) is 0 Å². The molecule has 0 heterocycles. The summed E-state index contributed by atoms with van der Waals surface area (Å²) in [6.45, 7) is 12.6. The number of carbonyl (C=O) groups excluding carboxylic acids is 4. The molecule has 0 amide bonds. The second-order valence-corrected chi connectivity index (χ2v) is 10.1. The molecule has 2 aliphatic carbocycles. The van der Waals surface area contributed by atoms with E-state index in [1.54, 1.807) is 6.92 Å². The van der Waals surface area contributed by atoms with Gasteiger partial charge in [0.1, 0.15) is 17.8 Å². The van der Waals surface area contributed by atoms with Crippen LogP contribution in [0, 0.1) is 11.3 Å². The zero-order chi connectivity index (χ0) is 24.6. The van der Waals surface area contributed by atoms with Gasteiger partial charge in [0, 0.05) is 26.2 Å². The van der Waals surface area contributed by atoms with E-state index in [2.05, 4.69) is 0 Å². The molecule has 0 saturated heterocycles. The third kappa shape index (κ3) is 4.90. The van der Waals surface area contributed by atoms with E-state index in [0.717, 1.165) is 5.57 Å². The highest BCUT2D eigenvalue weighted by molar-refractivity contribution is 5.97. The lowest BCUT2D eigenvalue weighted by molar-refractivity contribution is -0.228. The largest absolute Gasteiger partial charge is 0.459 e. The van der Waals surface area contributed by atoms with Crippen LogP contribution in [-0.4, -0.2) is 52.2 Å². The Morgan fingerprint density at radius 1 is 1.12 bits per heavy atom. The van der Waals surface area contributed by atoms with Crippen molar-refractivity contribution in [1.29, 1.82) is 0 Å². The molecule has 0 bridgehead atoms. The van der Waals surface area contributed by atoms with Crippen LogP contribution in [0.15, 0.2) is 11.1 Å². The van der Waals surface area contributed by atoms with E-state index < -0.39 is 46.7 Å². The van der Waals surface area contributed by atoms with Crippen LogP contribution in [-0.2, 0) is 33.4 Å². The molecular weight excluding hydrogens is 416 g/mol. The Hall–Kier alpha value is -2.22. The molecule has 2 saturated carbocycles. The van der Waals surface area contributed by atoms with Crippen molar-refractivity contribution in [3.05, 3.63) is 11.1 Å². The number of rotatable bonds is 5. The van der Waals surface area contributed by atoms with Crippen molar-refractivity contribution < 1.29 is 38.5 Å². The van der Waals surface area contributed by atoms with Gasteiger partial charge in [-0.2, -0.15) is 0 Å². The van der Waals surface area contributed by atoms with Crippen LogP contribution < -0.4 is 0 Å². The van der Waals surface area contributed by atoms with Gasteiger partial charge in [0.15, 0.2) is 11.4 Å². The van der Waals surface area contributed by atoms with Crippen LogP contribution in [0.2, 0.25) is 0 Å². The first-order valence-corrected chi connectivity index (χ1v) is 11.0. The maximum absolute atomic E-state index is 12.9. The fraction of sp³-hybridized carbons (Fsp3) is 0.750. The first kappa shape index (κ1) is 26.0. The minimum atomic E-state index is -2.09. The highest BCUT2D eigenvalue weighted by atomic mass is 16.6. The third-order valence-electron chi connectivity index (χ3n) is 7.22. The van der Waals surface area contributed by atoms with Gasteiger partial charge in [0.05, 0.1) is 0 Å². The second kappa shape index (κ2) is 8.96. The molecule has 8 heteroatoms. The summed E-state index contributed by atoms with van der Waals surface area (Å²) in [5.41, 5.74) is -2.07. The van der Waals surface area contributed by atoms with Crippen LogP contribution in [0.3, 0.4) is 0 Å². The Morgan fingerprint density at radius 2 is 1.72 bits per heavy atom. The fourth-order valence-electron chi connectivity index (χ4n) is 5.17. The molecule has 0 aliphatic heterocycles. The van der Waals surface area contributed by atoms with Crippen molar-refractivity contribution in [3.63, 3.8) is 0 Å². The van der Waals surface area contributed by atoms with Gasteiger partial charge in [-0.3, -0.25) is 14.4 Å². The summed E-state index contributed by atoms with van der Waals surface area (Å²) >= 11 is 0. The molecular formula is C24H36O8. The lowest BCUT2D eigenvalue weighted by Crippen LogP contribution is -2.62. The third-order valence-corrected chi connectivity index (χ3v) is 7.22. The smallest absolute Gasteiger partial charge is 0.342 e. The summed E-state index contributed by atoms with van der Waals surface area (Å²) < 4.78 is 16.5. The summed E-state index contributed by atoms with van der Waals surface area (Å²) in [5.74, 6) is -2.28. The molecule has 32 heavy (non-hydrogen) atoms. The summed E-state index contributed by atoms with van der Waals surface area (Å²) in [5, 5.41) is 10.7.